The number of rotatable bonds is 5. The number of ether oxygens (including phenoxy) is 1. The molecule has 5 aromatic rings. The first-order valence-electron chi connectivity index (χ1n) is 9.85. The normalized spacial score (nSPS) is 12.1. The lowest BCUT2D eigenvalue weighted by atomic mass is 10.0. The second-order valence-electron chi connectivity index (χ2n) is 6.99. The largest absolute Gasteiger partial charge is 0.494 e. The first-order valence-corrected chi connectivity index (χ1v) is 10.7. The third-order valence-corrected chi connectivity index (χ3v) is 5.84. The summed E-state index contributed by atoms with van der Waals surface area (Å²) < 4.78 is 7.62. The van der Waals surface area contributed by atoms with Crippen LogP contribution in [-0.2, 0) is 0 Å². The minimum absolute atomic E-state index is 0.149. The van der Waals surface area contributed by atoms with Gasteiger partial charge in [-0.15, -0.1) is 5.10 Å². The fourth-order valence-electron chi connectivity index (χ4n) is 3.39. The Labute approximate surface area is 176 Å². The maximum Gasteiger partial charge on any atom is 0.291 e. The minimum atomic E-state index is -0.149. The van der Waals surface area contributed by atoms with Gasteiger partial charge in [0.05, 0.1) is 11.1 Å². The molecule has 3 aromatic carbocycles. The Morgan fingerprint density at radius 1 is 1.03 bits per heavy atom. The van der Waals surface area contributed by atoms with Crippen LogP contribution < -0.4 is 14.8 Å². The van der Waals surface area contributed by atoms with Gasteiger partial charge in [-0.1, -0.05) is 60.7 Å². The summed E-state index contributed by atoms with van der Waals surface area (Å²) in [6.45, 7) is 2.76. The Morgan fingerprint density at radius 3 is 2.63 bits per heavy atom. The number of nitrogens with zero attached hydrogens (tertiary/aromatic N) is 3. The summed E-state index contributed by atoms with van der Waals surface area (Å²) in [5.74, 6) is 1.36. The van der Waals surface area contributed by atoms with E-state index in [9.17, 15) is 4.79 Å². The van der Waals surface area contributed by atoms with E-state index >= 15 is 0 Å². The molecule has 0 N–H and O–H groups in total. The molecule has 0 atom stereocenters. The van der Waals surface area contributed by atoms with E-state index in [1.807, 2.05) is 54.6 Å². The highest BCUT2D eigenvalue weighted by atomic mass is 32.1. The van der Waals surface area contributed by atoms with Crippen molar-refractivity contribution in [3.05, 3.63) is 87.2 Å². The van der Waals surface area contributed by atoms with Crippen LogP contribution in [0.4, 0.5) is 0 Å². The summed E-state index contributed by atoms with van der Waals surface area (Å²) in [6, 6.07) is 21.9. The fraction of sp³-hybridized carbons (Fsp3) is 0.125. The summed E-state index contributed by atoms with van der Waals surface area (Å²) >= 11 is 1.35. The summed E-state index contributed by atoms with van der Waals surface area (Å²) in [6.07, 6.45) is 2.89. The van der Waals surface area contributed by atoms with Crippen molar-refractivity contribution in [3.8, 4) is 17.1 Å². The summed E-state index contributed by atoms with van der Waals surface area (Å²) in [5.41, 5.74) is 1.72. The van der Waals surface area contributed by atoms with Crippen molar-refractivity contribution in [1.82, 2.24) is 14.6 Å². The zero-order valence-electron chi connectivity index (χ0n) is 16.4. The average molecular weight is 414 g/mol. The van der Waals surface area contributed by atoms with Gasteiger partial charge in [0.1, 0.15) is 5.75 Å². The Bertz CT molecular complexity index is 1450. The van der Waals surface area contributed by atoms with E-state index < -0.39 is 0 Å². The molecular formula is C24H19N3O2S. The van der Waals surface area contributed by atoms with Crippen LogP contribution in [0.15, 0.2) is 71.5 Å². The molecule has 0 amide bonds. The number of benzene rings is 3. The predicted molar refractivity (Wildman–Crippen MR) is 121 cm³/mol. The molecule has 0 spiro atoms. The predicted octanol–water partition coefficient (Wildman–Crippen LogP) is 4.31. The van der Waals surface area contributed by atoms with E-state index in [1.165, 1.54) is 15.9 Å². The van der Waals surface area contributed by atoms with Gasteiger partial charge in [-0.2, -0.15) is 9.50 Å². The summed E-state index contributed by atoms with van der Waals surface area (Å²) in [5, 5.41) is 6.70. The molecule has 0 unspecified atom stereocenters. The lowest BCUT2D eigenvalue weighted by molar-refractivity contribution is 0.317. The molecule has 0 saturated heterocycles. The molecule has 6 heteroatoms. The monoisotopic (exact) mass is 413 g/mol. The van der Waals surface area contributed by atoms with Crippen molar-refractivity contribution in [2.75, 3.05) is 6.61 Å². The summed E-state index contributed by atoms with van der Waals surface area (Å²) in [7, 11) is 0. The molecule has 5 nitrogen and oxygen atoms in total. The van der Waals surface area contributed by atoms with Crippen molar-refractivity contribution in [2.45, 2.75) is 13.3 Å². The van der Waals surface area contributed by atoms with Gasteiger partial charge in [0, 0.05) is 5.56 Å². The fourth-order valence-corrected chi connectivity index (χ4v) is 4.29. The Hall–Kier alpha value is -3.51. The number of thiazole rings is 1. The van der Waals surface area contributed by atoms with Crippen molar-refractivity contribution in [3.63, 3.8) is 0 Å². The Balaban J connectivity index is 1.53. The van der Waals surface area contributed by atoms with Gasteiger partial charge < -0.3 is 4.74 Å². The van der Waals surface area contributed by atoms with Crippen LogP contribution in [-0.4, -0.2) is 21.2 Å². The molecule has 5 rings (SSSR count). The zero-order valence-corrected chi connectivity index (χ0v) is 17.2. The molecule has 0 aliphatic heterocycles. The second-order valence-corrected chi connectivity index (χ2v) is 8.00. The SMILES string of the molecule is CCCOc1ccc(-c2nc3sc(=Cc4cccc5ccccc45)c(=O)n3n2)cc1. The number of fused-ring (bicyclic) bond motifs is 2. The first kappa shape index (κ1) is 18.5. The average Bonchev–Trinajstić information content (AvgIpc) is 3.32. The minimum Gasteiger partial charge on any atom is -0.494 e. The molecule has 0 aliphatic rings. The standard InChI is InChI=1S/C24H19N3O2S/c1-2-14-29-19-12-10-17(11-13-19)22-25-24-27(26-22)23(28)21(30-24)15-18-8-5-7-16-6-3-4-9-20(16)18/h3-13,15H,2,14H2,1H3. The highest BCUT2D eigenvalue weighted by molar-refractivity contribution is 7.15. The Kier molecular flexibility index (Phi) is 4.77. The lowest BCUT2D eigenvalue weighted by Crippen LogP contribution is -2.23. The van der Waals surface area contributed by atoms with Crippen LogP contribution in [0.5, 0.6) is 5.75 Å². The van der Waals surface area contributed by atoms with Gasteiger partial charge in [-0.05, 0) is 53.1 Å². The van der Waals surface area contributed by atoms with Crippen molar-refractivity contribution < 1.29 is 4.74 Å². The number of aromatic nitrogens is 3. The number of hydrogen-bond acceptors (Lipinski definition) is 5. The molecule has 0 bridgehead atoms. The smallest absolute Gasteiger partial charge is 0.291 e. The highest BCUT2D eigenvalue weighted by Crippen LogP contribution is 2.21. The molecule has 0 fully saturated rings. The van der Waals surface area contributed by atoms with E-state index in [-0.39, 0.29) is 5.56 Å². The first-order chi connectivity index (χ1) is 14.7. The summed E-state index contributed by atoms with van der Waals surface area (Å²) in [4.78, 5) is 18.1. The maximum absolute atomic E-state index is 12.9. The van der Waals surface area contributed by atoms with E-state index in [1.54, 1.807) is 0 Å². The molecule has 2 heterocycles. The van der Waals surface area contributed by atoms with Crippen molar-refractivity contribution in [2.24, 2.45) is 0 Å². The van der Waals surface area contributed by atoms with Crippen LogP contribution >= 0.6 is 11.3 Å². The van der Waals surface area contributed by atoms with E-state index in [0.29, 0.717) is 21.9 Å². The topological polar surface area (TPSA) is 56.5 Å². The van der Waals surface area contributed by atoms with Crippen LogP contribution in [0.1, 0.15) is 18.9 Å². The van der Waals surface area contributed by atoms with Gasteiger partial charge in [-0.3, -0.25) is 4.79 Å². The molecule has 0 radical (unpaired) electrons. The molecular weight excluding hydrogens is 394 g/mol. The van der Waals surface area contributed by atoms with E-state index in [0.717, 1.165) is 34.1 Å². The molecule has 2 aromatic heterocycles. The second kappa shape index (κ2) is 7.72. The van der Waals surface area contributed by atoms with Crippen molar-refractivity contribution in [1.29, 1.82) is 0 Å². The van der Waals surface area contributed by atoms with E-state index in [4.69, 9.17) is 4.74 Å². The van der Waals surface area contributed by atoms with Gasteiger partial charge in [-0.25, -0.2) is 0 Å². The maximum atomic E-state index is 12.9. The third-order valence-electron chi connectivity index (χ3n) is 4.88. The van der Waals surface area contributed by atoms with Gasteiger partial charge >= 0.3 is 0 Å². The Morgan fingerprint density at radius 2 is 1.83 bits per heavy atom. The van der Waals surface area contributed by atoms with Crippen LogP contribution in [0, 0.1) is 0 Å². The molecule has 0 saturated carbocycles. The highest BCUT2D eigenvalue weighted by Gasteiger charge is 2.12. The number of hydrogen-bond donors (Lipinski definition) is 0. The van der Waals surface area contributed by atoms with E-state index in [2.05, 4.69) is 35.2 Å². The van der Waals surface area contributed by atoms with Crippen LogP contribution in [0.2, 0.25) is 0 Å². The zero-order chi connectivity index (χ0) is 20.5. The molecule has 0 aliphatic carbocycles. The van der Waals surface area contributed by atoms with Gasteiger partial charge in [0.25, 0.3) is 5.56 Å². The lowest BCUT2D eigenvalue weighted by Gasteiger charge is -2.04. The quantitative estimate of drug-likeness (QED) is 0.431. The van der Waals surface area contributed by atoms with Crippen molar-refractivity contribution >= 4 is 33.1 Å². The molecule has 30 heavy (non-hydrogen) atoms. The molecule has 148 valence electrons. The van der Waals surface area contributed by atoms with Crippen LogP contribution in [0.25, 0.3) is 33.2 Å². The van der Waals surface area contributed by atoms with Crippen LogP contribution in [0.3, 0.4) is 0 Å². The van der Waals surface area contributed by atoms with Gasteiger partial charge in [0.15, 0.2) is 5.82 Å². The van der Waals surface area contributed by atoms with Gasteiger partial charge in [0.2, 0.25) is 4.96 Å². The third kappa shape index (κ3) is 3.35.